The van der Waals surface area contributed by atoms with Gasteiger partial charge in [0.15, 0.2) is 0 Å². The molecule has 1 unspecified atom stereocenters. The van der Waals surface area contributed by atoms with Crippen LogP contribution in [0.15, 0.2) is 47.2 Å². The van der Waals surface area contributed by atoms with Gasteiger partial charge in [0.1, 0.15) is 0 Å². The molecule has 0 radical (unpaired) electrons. The number of nitrogens with zero attached hydrogens (tertiary/aromatic N) is 2. The first-order valence-electron chi connectivity index (χ1n) is 6.95. The fourth-order valence-electron chi connectivity index (χ4n) is 3.01. The molecule has 0 bridgehead atoms. The molecular formula is C16H18BrN3. The van der Waals surface area contributed by atoms with E-state index >= 15 is 0 Å². The summed E-state index contributed by atoms with van der Waals surface area (Å²) in [4.78, 5) is 6.59. The van der Waals surface area contributed by atoms with E-state index in [0.29, 0.717) is 12.6 Å². The van der Waals surface area contributed by atoms with E-state index in [1.807, 2.05) is 12.4 Å². The van der Waals surface area contributed by atoms with Crippen LogP contribution in [0.5, 0.6) is 0 Å². The molecule has 2 aromatic rings. The summed E-state index contributed by atoms with van der Waals surface area (Å²) in [6, 6.07) is 11.0. The Morgan fingerprint density at radius 3 is 2.80 bits per heavy atom. The molecule has 1 aliphatic heterocycles. The first-order chi connectivity index (χ1) is 9.81. The van der Waals surface area contributed by atoms with E-state index in [1.165, 1.54) is 29.7 Å². The van der Waals surface area contributed by atoms with Crippen LogP contribution >= 0.6 is 15.9 Å². The highest BCUT2D eigenvalue weighted by atomic mass is 79.9. The molecule has 2 N–H and O–H groups in total. The number of nitrogens with two attached hydrogens (primary N) is 1. The molecule has 1 aromatic carbocycles. The molecule has 1 aromatic heterocycles. The molecule has 0 spiro atoms. The van der Waals surface area contributed by atoms with Crippen LogP contribution in [0, 0.1) is 0 Å². The largest absolute Gasteiger partial charge is 0.364 e. The van der Waals surface area contributed by atoms with Crippen LogP contribution in [-0.4, -0.2) is 11.5 Å². The second kappa shape index (κ2) is 5.94. The van der Waals surface area contributed by atoms with E-state index in [-0.39, 0.29) is 0 Å². The Balaban J connectivity index is 1.99. The number of benzene rings is 1. The van der Waals surface area contributed by atoms with Gasteiger partial charge in [-0.25, -0.2) is 0 Å². The Bertz CT molecular complexity index is 586. The van der Waals surface area contributed by atoms with Gasteiger partial charge in [0.05, 0.1) is 6.04 Å². The van der Waals surface area contributed by atoms with E-state index in [0.717, 1.165) is 11.0 Å². The average Bonchev–Trinajstić information content (AvgIpc) is 2.97. The number of anilines is 1. The van der Waals surface area contributed by atoms with Crippen LogP contribution in [-0.2, 0) is 6.54 Å². The van der Waals surface area contributed by atoms with Gasteiger partial charge in [0, 0.05) is 41.2 Å². The Hall–Kier alpha value is -1.39. The predicted octanol–water partition coefficient (Wildman–Crippen LogP) is 3.64. The topological polar surface area (TPSA) is 42.1 Å². The molecule has 0 saturated carbocycles. The lowest BCUT2D eigenvalue weighted by molar-refractivity contribution is 0.714. The number of aromatic nitrogens is 1. The van der Waals surface area contributed by atoms with Crippen molar-refractivity contribution < 1.29 is 0 Å². The fourth-order valence-corrected chi connectivity index (χ4v) is 3.52. The van der Waals surface area contributed by atoms with E-state index in [1.54, 1.807) is 0 Å². The summed E-state index contributed by atoms with van der Waals surface area (Å²) in [6.07, 6.45) is 6.14. The number of pyridine rings is 1. The summed E-state index contributed by atoms with van der Waals surface area (Å²) < 4.78 is 1.10. The lowest BCUT2D eigenvalue weighted by Gasteiger charge is -2.29. The van der Waals surface area contributed by atoms with Crippen molar-refractivity contribution in [1.29, 1.82) is 0 Å². The van der Waals surface area contributed by atoms with Gasteiger partial charge in [0.25, 0.3) is 0 Å². The van der Waals surface area contributed by atoms with Crippen LogP contribution in [0.1, 0.15) is 30.0 Å². The second-order valence-electron chi connectivity index (χ2n) is 5.07. The summed E-state index contributed by atoms with van der Waals surface area (Å²) in [5, 5.41) is 0. The quantitative estimate of drug-likeness (QED) is 0.933. The van der Waals surface area contributed by atoms with Crippen molar-refractivity contribution >= 4 is 21.6 Å². The summed E-state index contributed by atoms with van der Waals surface area (Å²) >= 11 is 3.61. The SMILES string of the molecule is NCc1c(Br)cccc1N1CCCC1c1ccncc1. The maximum atomic E-state index is 5.94. The van der Waals surface area contributed by atoms with Gasteiger partial charge in [-0.15, -0.1) is 0 Å². The molecule has 1 saturated heterocycles. The first kappa shape index (κ1) is 13.6. The molecule has 3 rings (SSSR count). The van der Waals surface area contributed by atoms with Crippen LogP contribution in [0.2, 0.25) is 0 Å². The minimum absolute atomic E-state index is 0.428. The van der Waals surface area contributed by atoms with Gasteiger partial charge < -0.3 is 10.6 Å². The van der Waals surface area contributed by atoms with E-state index < -0.39 is 0 Å². The van der Waals surface area contributed by atoms with Gasteiger partial charge in [-0.1, -0.05) is 22.0 Å². The van der Waals surface area contributed by atoms with Crippen molar-refractivity contribution in [3.8, 4) is 0 Å². The lowest BCUT2D eigenvalue weighted by atomic mass is 10.0. The van der Waals surface area contributed by atoms with E-state index in [4.69, 9.17) is 5.73 Å². The zero-order valence-corrected chi connectivity index (χ0v) is 12.9. The first-order valence-corrected chi connectivity index (χ1v) is 7.74. The Morgan fingerprint density at radius 1 is 1.25 bits per heavy atom. The van der Waals surface area contributed by atoms with Crippen LogP contribution < -0.4 is 10.6 Å². The Labute approximate surface area is 127 Å². The monoisotopic (exact) mass is 331 g/mol. The number of hydrogen-bond acceptors (Lipinski definition) is 3. The molecule has 0 aliphatic carbocycles. The molecule has 4 heteroatoms. The highest BCUT2D eigenvalue weighted by Gasteiger charge is 2.27. The van der Waals surface area contributed by atoms with Gasteiger partial charge in [0.2, 0.25) is 0 Å². The molecule has 20 heavy (non-hydrogen) atoms. The third-order valence-corrected chi connectivity index (χ3v) is 4.69. The van der Waals surface area contributed by atoms with E-state index in [9.17, 15) is 0 Å². The summed E-state index contributed by atoms with van der Waals surface area (Å²) in [5.74, 6) is 0. The molecule has 1 aliphatic rings. The Morgan fingerprint density at radius 2 is 2.05 bits per heavy atom. The van der Waals surface area contributed by atoms with Crippen molar-refractivity contribution in [2.75, 3.05) is 11.4 Å². The van der Waals surface area contributed by atoms with Crippen molar-refractivity contribution in [2.45, 2.75) is 25.4 Å². The second-order valence-corrected chi connectivity index (χ2v) is 5.93. The third-order valence-electron chi connectivity index (χ3n) is 3.95. The van der Waals surface area contributed by atoms with Crippen LogP contribution in [0.3, 0.4) is 0 Å². The van der Waals surface area contributed by atoms with E-state index in [2.05, 4.69) is 56.1 Å². The number of hydrogen-bond donors (Lipinski definition) is 1. The predicted molar refractivity (Wildman–Crippen MR) is 85.6 cm³/mol. The van der Waals surface area contributed by atoms with Gasteiger partial charge >= 0.3 is 0 Å². The van der Waals surface area contributed by atoms with Crippen molar-refractivity contribution in [1.82, 2.24) is 4.98 Å². The summed E-state index contributed by atoms with van der Waals surface area (Å²) in [7, 11) is 0. The zero-order valence-electron chi connectivity index (χ0n) is 11.3. The van der Waals surface area contributed by atoms with Gasteiger partial charge in [-0.05, 0) is 42.7 Å². The molecule has 1 atom stereocenters. The highest BCUT2D eigenvalue weighted by molar-refractivity contribution is 9.10. The minimum atomic E-state index is 0.428. The standard InChI is InChI=1S/C16H18BrN3/c17-14-3-1-4-16(13(14)11-18)20-10-2-5-15(20)12-6-8-19-9-7-12/h1,3-4,6-9,15H,2,5,10-11,18H2. The highest BCUT2D eigenvalue weighted by Crippen LogP contribution is 2.39. The third kappa shape index (κ3) is 2.45. The van der Waals surface area contributed by atoms with Crippen molar-refractivity contribution in [2.24, 2.45) is 5.73 Å². The van der Waals surface area contributed by atoms with Gasteiger partial charge in [-0.3, -0.25) is 4.98 Å². The molecule has 1 fully saturated rings. The summed E-state index contributed by atoms with van der Waals surface area (Å²) in [5.41, 5.74) is 9.71. The zero-order chi connectivity index (χ0) is 13.9. The van der Waals surface area contributed by atoms with Crippen LogP contribution in [0.4, 0.5) is 5.69 Å². The molecule has 0 amide bonds. The van der Waals surface area contributed by atoms with Crippen molar-refractivity contribution in [3.63, 3.8) is 0 Å². The molecule has 104 valence electrons. The number of rotatable bonds is 3. The fraction of sp³-hybridized carbons (Fsp3) is 0.312. The summed E-state index contributed by atoms with van der Waals surface area (Å²) in [6.45, 7) is 1.63. The smallest absolute Gasteiger partial charge is 0.0544 e. The Kier molecular flexibility index (Phi) is 4.03. The maximum absolute atomic E-state index is 5.94. The lowest BCUT2D eigenvalue weighted by Crippen LogP contribution is -2.24. The molecular weight excluding hydrogens is 314 g/mol. The molecule has 2 heterocycles. The normalized spacial score (nSPS) is 18.5. The minimum Gasteiger partial charge on any atom is -0.364 e. The van der Waals surface area contributed by atoms with Crippen LogP contribution in [0.25, 0.3) is 0 Å². The maximum Gasteiger partial charge on any atom is 0.0544 e. The number of halogens is 1. The molecule has 3 nitrogen and oxygen atoms in total. The van der Waals surface area contributed by atoms with Gasteiger partial charge in [-0.2, -0.15) is 0 Å². The van der Waals surface area contributed by atoms with Crippen molar-refractivity contribution in [3.05, 3.63) is 58.3 Å². The average molecular weight is 332 g/mol.